The second-order valence-corrected chi connectivity index (χ2v) is 8.03. The molecule has 2 aromatic carbocycles. The molecule has 0 bridgehead atoms. The molecule has 1 N–H and O–H groups in total. The third kappa shape index (κ3) is 4.82. The molecule has 0 aliphatic carbocycles. The molecule has 1 aromatic heterocycles. The molecule has 156 valence electrons. The largest absolute Gasteiger partial charge is 0.355 e. The number of aromatic nitrogens is 2. The summed E-state index contributed by atoms with van der Waals surface area (Å²) < 4.78 is 1.99. The minimum atomic E-state index is -0.0480. The first-order valence-corrected chi connectivity index (χ1v) is 10.7. The highest BCUT2D eigenvalue weighted by molar-refractivity contribution is 6.30. The van der Waals surface area contributed by atoms with Crippen molar-refractivity contribution in [2.75, 3.05) is 19.6 Å². The summed E-state index contributed by atoms with van der Waals surface area (Å²) in [6.07, 6.45) is 3.02. The van der Waals surface area contributed by atoms with E-state index in [0.29, 0.717) is 24.4 Å². The van der Waals surface area contributed by atoms with Crippen molar-refractivity contribution in [3.63, 3.8) is 0 Å². The lowest BCUT2D eigenvalue weighted by molar-refractivity contribution is -0.130. The van der Waals surface area contributed by atoms with Gasteiger partial charge in [0.25, 0.3) is 0 Å². The van der Waals surface area contributed by atoms with Crippen LogP contribution in [0.3, 0.4) is 0 Å². The molecule has 0 spiro atoms. The van der Waals surface area contributed by atoms with E-state index in [1.54, 1.807) is 12.1 Å². The maximum atomic E-state index is 12.7. The highest BCUT2D eigenvalue weighted by Gasteiger charge is 2.20. The van der Waals surface area contributed by atoms with Crippen LogP contribution >= 0.6 is 11.6 Å². The molecular formula is C23H25ClN4O2. The van der Waals surface area contributed by atoms with Crippen LogP contribution in [0.25, 0.3) is 11.0 Å². The lowest BCUT2D eigenvalue weighted by Gasteiger charge is -2.17. The van der Waals surface area contributed by atoms with E-state index in [1.807, 2.05) is 45.9 Å². The molecule has 0 unspecified atom stereocenters. The van der Waals surface area contributed by atoms with Crippen LogP contribution in [-0.4, -0.2) is 45.9 Å². The molecule has 3 aromatic rings. The van der Waals surface area contributed by atoms with Crippen LogP contribution in [0.1, 0.15) is 24.2 Å². The van der Waals surface area contributed by atoms with Gasteiger partial charge < -0.3 is 14.8 Å². The molecule has 0 atom stereocenters. The number of rotatable bonds is 7. The Morgan fingerprint density at radius 1 is 1.03 bits per heavy atom. The zero-order chi connectivity index (χ0) is 20.9. The van der Waals surface area contributed by atoms with E-state index >= 15 is 0 Å². The van der Waals surface area contributed by atoms with Gasteiger partial charge in [0, 0.05) is 31.1 Å². The van der Waals surface area contributed by atoms with E-state index < -0.39 is 0 Å². The van der Waals surface area contributed by atoms with Crippen molar-refractivity contribution in [1.82, 2.24) is 19.8 Å². The van der Waals surface area contributed by atoms with Gasteiger partial charge in [-0.2, -0.15) is 0 Å². The normalized spacial score (nSPS) is 13.7. The first-order valence-electron chi connectivity index (χ1n) is 10.3. The van der Waals surface area contributed by atoms with Gasteiger partial charge in [-0.1, -0.05) is 35.9 Å². The first kappa shape index (κ1) is 20.4. The summed E-state index contributed by atoms with van der Waals surface area (Å²) in [6.45, 7) is 2.42. The zero-order valence-electron chi connectivity index (χ0n) is 16.8. The van der Waals surface area contributed by atoms with Gasteiger partial charge in [-0.3, -0.25) is 9.59 Å². The average Bonchev–Trinajstić information content (AvgIpc) is 3.39. The van der Waals surface area contributed by atoms with E-state index in [9.17, 15) is 9.59 Å². The molecule has 1 saturated heterocycles. The maximum absolute atomic E-state index is 12.7. The molecule has 2 amide bonds. The van der Waals surface area contributed by atoms with Crippen LogP contribution in [0.15, 0.2) is 48.5 Å². The van der Waals surface area contributed by atoms with Crippen LogP contribution in [0.4, 0.5) is 0 Å². The number of nitrogens with zero attached hydrogens (tertiary/aromatic N) is 3. The molecule has 1 aliphatic heterocycles. The van der Waals surface area contributed by atoms with Gasteiger partial charge in [-0.05, 0) is 42.7 Å². The van der Waals surface area contributed by atoms with Crippen molar-refractivity contribution in [3.8, 4) is 0 Å². The molecule has 7 heteroatoms. The Hall–Kier alpha value is -2.86. The van der Waals surface area contributed by atoms with Gasteiger partial charge >= 0.3 is 0 Å². The number of amides is 2. The van der Waals surface area contributed by atoms with E-state index in [4.69, 9.17) is 16.6 Å². The quantitative estimate of drug-likeness (QED) is 0.633. The summed E-state index contributed by atoms with van der Waals surface area (Å²) in [4.78, 5) is 31.6. The second-order valence-electron chi connectivity index (χ2n) is 7.59. The van der Waals surface area contributed by atoms with Gasteiger partial charge in [-0.15, -0.1) is 0 Å². The van der Waals surface area contributed by atoms with Crippen LogP contribution < -0.4 is 5.32 Å². The third-order valence-electron chi connectivity index (χ3n) is 5.43. The fourth-order valence-corrected chi connectivity index (χ4v) is 3.98. The van der Waals surface area contributed by atoms with E-state index in [-0.39, 0.29) is 18.4 Å². The second kappa shape index (κ2) is 9.30. The van der Waals surface area contributed by atoms with Crippen molar-refractivity contribution >= 4 is 34.4 Å². The summed E-state index contributed by atoms with van der Waals surface area (Å²) in [5.74, 6) is 0.896. The summed E-state index contributed by atoms with van der Waals surface area (Å²) in [5.41, 5.74) is 2.74. The summed E-state index contributed by atoms with van der Waals surface area (Å²) in [6, 6.07) is 15.1. The molecule has 4 rings (SSSR count). The van der Waals surface area contributed by atoms with Crippen LogP contribution in [0, 0.1) is 0 Å². The first-order chi connectivity index (χ1) is 14.6. The smallest absolute Gasteiger partial charge is 0.242 e. The number of imidazole rings is 1. The number of hydrogen-bond donors (Lipinski definition) is 1. The monoisotopic (exact) mass is 424 g/mol. The highest BCUT2D eigenvalue weighted by atomic mass is 35.5. The third-order valence-corrected chi connectivity index (χ3v) is 5.69. The topological polar surface area (TPSA) is 67.2 Å². The van der Waals surface area contributed by atoms with Crippen molar-refractivity contribution in [1.29, 1.82) is 0 Å². The minimum Gasteiger partial charge on any atom is -0.355 e. The number of carbonyl (C=O) groups excluding carboxylic acids is 2. The molecule has 1 fully saturated rings. The van der Waals surface area contributed by atoms with Gasteiger partial charge in [0.15, 0.2) is 0 Å². The molecule has 0 radical (unpaired) electrons. The number of carbonyl (C=O) groups is 2. The Bertz CT molecular complexity index is 1040. The maximum Gasteiger partial charge on any atom is 0.242 e. The predicted molar refractivity (Wildman–Crippen MR) is 117 cm³/mol. The van der Waals surface area contributed by atoms with Crippen molar-refractivity contribution in [2.45, 2.75) is 32.2 Å². The number of benzene rings is 2. The van der Waals surface area contributed by atoms with Gasteiger partial charge in [0.2, 0.25) is 11.8 Å². The molecule has 1 aliphatic rings. The summed E-state index contributed by atoms with van der Waals surface area (Å²) in [7, 11) is 0. The van der Waals surface area contributed by atoms with Crippen LogP contribution in [-0.2, 0) is 29.0 Å². The van der Waals surface area contributed by atoms with Crippen LogP contribution in [0.5, 0.6) is 0 Å². The Kier molecular flexibility index (Phi) is 6.33. The van der Waals surface area contributed by atoms with Crippen molar-refractivity contribution < 1.29 is 9.59 Å². The number of fused-ring (bicyclic) bond motifs is 1. The SMILES string of the molecule is O=C(Cc1ccc(Cl)cc1)NCCc1nc2ccccc2n1CC(=O)N1CCCC1. The molecule has 30 heavy (non-hydrogen) atoms. The highest BCUT2D eigenvalue weighted by Crippen LogP contribution is 2.18. The molecule has 2 heterocycles. The van der Waals surface area contributed by atoms with E-state index in [2.05, 4.69) is 5.32 Å². The molecular weight excluding hydrogens is 400 g/mol. The molecule has 6 nitrogen and oxygen atoms in total. The van der Waals surface area contributed by atoms with Crippen molar-refractivity contribution in [3.05, 3.63) is 64.9 Å². The standard InChI is InChI=1S/C23H25ClN4O2/c24-18-9-7-17(8-10-18)15-22(29)25-12-11-21-26-19-5-1-2-6-20(19)28(21)16-23(30)27-13-3-4-14-27/h1-2,5-10H,3-4,11-16H2,(H,25,29). The number of likely N-dealkylation sites (tertiary alicyclic amines) is 1. The van der Waals surface area contributed by atoms with Gasteiger partial charge in [0.1, 0.15) is 12.4 Å². The Balaban J connectivity index is 1.41. The lowest BCUT2D eigenvalue weighted by Crippen LogP contribution is -2.32. The fraction of sp³-hybridized carbons (Fsp3) is 0.348. The van der Waals surface area contributed by atoms with E-state index in [1.165, 1.54) is 0 Å². The summed E-state index contributed by atoms with van der Waals surface area (Å²) in [5, 5.41) is 3.61. The van der Waals surface area contributed by atoms with E-state index in [0.717, 1.165) is 48.4 Å². The Morgan fingerprint density at radius 2 is 1.77 bits per heavy atom. The predicted octanol–water partition coefficient (Wildman–Crippen LogP) is 3.21. The molecule has 0 saturated carbocycles. The van der Waals surface area contributed by atoms with Gasteiger partial charge in [-0.25, -0.2) is 4.98 Å². The number of hydrogen-bond acceptors (Lipinski definition) is 3. The number of halogens is 1. The number of nitrogens with one attached hydrogen (secondary N) is 1. The fourth-order valence-electron chi connectivity index (χ4n) is 3.86. The van der Waals surface area contributed by atoms with Gasteiger partial charge in [0.05, 0.1) is 17.5 Å². The average molecular weight is 425 g/mol. The minimum absolute atomic E-state index is 0.0480. The Labute approximate surface area is 180 Å². The zero-order valence-corrected chi connectivity index (χ0v) is 17.6. The van der Waals surface area contributed by atoms with Crippen molar-refractivity contribution in [2.24, 2.45) is 0 Å². The lowest BCUT2D eigenvalue weighted by atomic mass is 10.1. The Morgan fingerprint density at radius 3 is 2.53 bits per heavy atom. The van der Waals surface area contributed by atoms with Crippen LogP contribution in [0.2, 0.25) is 5.02 Å². The number of para-hydroxylation sites is 2. The summed E-state index contributed by atoms with van der Waals surface area (Å²) >= 11 is 5.89.